The van der Waals surface area contributed by atoms with E-state index in [0.29, 0.717) is 0 Å². The molecule has 1 atom stereocenters. The molecule has 0 saturated carbocycles. The lowest BCUT2D eigenvalue weighted by atomic mass is 9.90. The summed E-state index contributed by atoms with van der Waals surface area (Å²) >= 11 is 0. The number of aliphatic hydroxyl groups excluding tert-OH is 1. The summed E-state index contributed by atoms with van der Waals surface area (Å²) in [4.78, 5) is 6.62. The minimum atomic E-state index is -0.488. The van der Waals surface area contributed by atoms with E-state index < -0.39 is 6.10 Å². The number of tetrazole rings is 1. The lowest BCUT2D eigenvalue weighted by molar-refractivity contribution is 0.0481. The first-order valence-electron chi connectivity index (χ1n) is 8.20. The molecule has 23 heavy (non-hydrogen) atoms. The van der Waals surface area contributed by atoms with Crippen molar-refractivity contribution in [3.8, 4) is 0 Å². The Morgan fingerprint density at radius 3 is 2.65 bits per heavy atom. The lowest BCUT2D eigenvalue weighted by Crippen LogP contribution is -2.36. The van der Waals surface area contributed by atoms with E-state index in [0.717, 1.165) is 44.1 Å². The molecule has 1 aliphatic rings. The van der Waals surface area contributed by atoms with Gasteiger partial charge in [0.15, 0.2) is 5.82 Å². The van der Waals surface area contributed by atoms with Crippen LogP contribution in [0, 0.1) is 5.92 Å². The number of imidazole rings is 1. The molecule has 1 aliphatic heterocycles. The maximum Gasteiger partial charge on any atom is 0.165 e. The average Bonchev–Trinajstić information content (AvgIpc) is 3.16. The summed E-state index contributed by atoms with van der Waals surface area (Å²) in [6.45, 7) is 6.80. The molecule has 2 aromatic rings. The molecule has 3 heterocycles. The highest BCUT2D eigenvalue weighted by Crippen LogP contribution is 2.30. The van der Waals surface area contributed by atoms with Gasteiger partial charge < -0.3 is 9.67 Å². The molecule has 1 saturated heterocycles. The van der Waals surface area contributed by atoms with Gasteiger partial charge in [0.25, 0.3) is 0 Å². The van der Waals surface area contributed by atoms with Crippen molar-refractivity contribution in [2.24, 2.45) is 13.0 Å². The van der Waals surface area contributed by atoms with Crippen molar-refractivity contribution >= 4 is 0 Å². The summed E-state index contributed by atoms with van der Waals surface area (Å²) in [5, 5.41) is 22.5. The zero-order chi connectivity index (χ0) is 16.4. The summed E-state index contributed by atoms with van der Waals surface area (Å²) in [7, 11) is 1.92. The molecule has 8 heteroatoms. The SMILES string of the molecule is CC(C)n1nnnc1CN1CCC(C(O)c2nccn2C)CC1. The van der Waals surface area contributed by atoms with Crippen LogP contribution in [0.25, 0.3) is 0 Å². The molecule has 3 rings (SSSR count). The zero-order valence-corrected chi connectivity index (χ0v) is 14.0. The molecule has 1 N–H and O–H groups in total. The van der Waals surface area contributed by atoms with Crippen LogP contribution in [0.2, 0.25) is 0 Å². The van der Waals surface area contributed by atoms with E-state index in [1.165, 1.54) is 0 Å². The molecule has 0 aliphatic carbocycles. The number of rotatable bonds is 5. The summed E-state index contributed by atoms with van der Waals surface area (Å²) < 4.78 is 3.77. The molecule has 0 spiro atoms. The van der Waals surface area contributed by atoms with Gasteiger partial charge in [0.05, 0.1) is 12.6 Å². The van der Waals surface area contributed by atoms with Crippen LogP contribution in [0.1, 0.15) is 50.5 Å². The molecular weight excluding hydrogens is 294 g/mol. The Morgan fingerprint density at radius 2 is 2.04 bits per heavy atom. The molecule has 1 unspecified atom stereocenters. The van der Waals surface area contributed by atoms with Gasteiger partial charge >= 0.3 is 0 Å². The van der Waals surface area contributed by atoms with Gasteiger partial charge in [0.2, 0.25) is 0 Å². The maximum atomic E-state index is 10.5. The average molecular weight is 319 g/mol. The first kappa shape index (κ1) is 16.1. The third-order valence-electron chi connectivity index (χ3n) is 4.62. The third kappa shape index (κ3) is 3.42. The third-order valence-corrected chi connectivity index (χ3v) is 4.62. The number of aryl methyl sites for hydroxylation is 1. The lowest BCUT2D eigenvalue weighted by Gasteiger charge is -2.33. The quantitative estimate of drug-likeness (QED) is 0.882. The monoisotopic (exact) mass is 319 g/mol. The van der Waals surface area contributed by atoms with E-state index in [2.05, 4.69) is 39.3 Å². The molecule has 2 aromatic heterocycles. The molecule has 0 amide bonds. The second-order valence-electron chi connectivity index (χ2n) is 6.59. The fourth-order valence-electron chi connectivity index (χ4n) is 3.22. The number of nitrogens with zero attached hydrogens (tertiary/aromatic N) is 7. The highest BCUT2D eigenvalue weighted by Gasteiger charge is 2.29. The van der Waals surface area contributed by atoms with Crippen LogP contribution in [0.3, 0.4) is 0 Å². The summed E-state index contributed by atoms with van der Waals surface area (Å²) in [6.07, 6.45) is 5.03. The molecule has 1 fully saturated rings. The standard InChI is InChI=1S/C15H25N7O/c1-11(2)22-13(17-18-19-22)10-21-7-4-12(5-8-21)14(23)15-16-6-9-20(15)3/h6,9,11-12,14,23H,4-5,7-8,10H2,1-3H3. The van der Waals surface area contributed by atoms with Crippen LogP contribution >= 0.6 is 0 Å². The Balaban J connectivity index is 1.56. The number of likely N-dealkylation sites (tertiary alicyclic amines) is 1. The van der Waals surface area contributed by atoms with Gasteiger partial charge in [-0.1, -0.05) is 0 Å². The fraction of sp³-hybridized carbons (Fsp3) is 0.733. The summed E-state index contributed by atoms with van der Waals surface area (Å²) in [6, 6.07) is 0.266. The van der Waals surface area contributed by atoms with E-state index in [-0.39, 0.29) is 12.0 Å². The summed E-state index contributed by atoms with van der Waals surface area (Å²) in [5.74, 6) is 1.92. The molecule has 0 bridgehead atoms. The van der Waals surface area contributed by atoms with Crippen LogP contribution in [-0.4, -0.2) is 52.9 Å². The van der Waals surface area contributed by atoms with E-state index in [4.69, 9.17) is 0 Å². The number of hydrogen-bond donors (Lipinski definition) is 1. The number of hydrogen-bond acceptors (Lipinski definition) is 6. The second-order valence-corrected chi connectivity index (χ2v) is 6.59. The van der Waals surface area contributed by atoms with Gasteiger partial charge in [-0.15, -0.1) is 5.10 Å². The Labute approximate surface area is 136 Å². The number of piperidine rings is 1. The van der Waals surface area contributed by atoms with Gasteiger partial charge in [-0.25, -0.2) is 9.67 Å². The van der Waals surface area contributed by atoms with Crippen LogP contribution in [0.4, 0.5) is 0 Å². The maximum absolute atomic E-state index is 10.5. The Bertz CT molecular complexity index is 627. The Kier molecular flexibility index (Phi) is 4.72. The normalized spacial score (nSPS) is 18.7. The molecular formula is C15H25N7O. The molecule has 0 radical (unpaired) electrons. The molecule has 0 aromatic carbocycles. The van der Waals surface area contributed by atoms with E-state index in [1.807, 2.05) is 22.5 Å². The van der Waals surface area contributed by atoms with Crippen molar-refractivity contribution in [1.29, 1.82) is 0 Å². The van der Waals surface area contributed by atoms with Gasteiger partial charge in [-0.3, -0.25) is 4.90 Å². The van der Waals surface area contributed by atoms with E-state index in [1.54, 1.807) is 6.20 Å². The first-order chi connectivity index (χ1) is 11.1. The Morgan fingerprint density at radius 1 is 1.30 bits per heavy atom. The predicted molar refractivity (Wildman–Crippen MR) is 84.4 cm³/mol. The van der Waals surface area contributed by atoms with E-state index in [9.17, 15) is 5.11 Å². The minimum absolute atomic E-state index is 0.258. The predicted octanol–water partition coefficient (Wildman–Crippen LogP) is 0.933. The van der Waals surface area contributed by atoms with Crippen molar-refractivity contribution in [2.45, 2.75) is 45.4 Å². The van der Waals surface area contributed by atoms with Gasteiger partial charge in [-0.2, -0.15) is 0 Å². The fourth-order valence-corrected chi connectivity index (χ4v) is 3.22. The summed E-state index contributed by atoms with van der Waals surface area (Å²) in [5.41, 5.74) is 0. The molecule has 8 nitrogen and oxygen atoms in total. The highest BCUT2D eigenvalue weighted by atomic mass is 16.3. The zero-order valence-electron chi connectivity index (χ0n) is 14.0. The highest BCUT2D eigenvalue weighted by molar-refractivity contribution is 4.98. The van der Waals surface area contributed by atoms with Crippen molar-refractivity contribution in [3.63, 3.8) is 0 Å². The van der Waals surface area contributed by atoms with Gasteiger partial charge in [0, 0.05) is 19.4 Å². The van der Waals surface area contributed by atoms with Crippen LogP contribution in [-0.2, 0) is 13.6 Å². The number of aliphatic hydroxyl groups is 1. The first-order valence-corrected chi connectivity index (χ1v) is 8.20. The van der Waals surface area contributed by atoms with Gasteiger partial charge in [-0.05, 0) is 56.1 Å². The van der Waals surface area contributed by atoms with Crippen LogP contribution in [0.5, 0.6) is 0 Å². The number of aromatic nitrogens is 6. The molecule has 126 valence electrons. The smallest absolute Gasteiger partial charge is 0.165 e. The van der Waals surface area contributed by atoms with Crippen molar-refractivity contribution in [2.75, 3.05) is 13.1 Å². The van der Waals surface area contributed by atoms with Crippen LogP contribution in [0.15, 0.2) is 12.4 Å². The van der Waals surface area contributed by atoms with Crippen molar-refractivity contribution in [3.05, 3.63) is 24.0 Å². The van der Waals surface area contributed by atoms with E-state index >= 15 is 0 Å². The largest absolute Gasteiger partial charge is 0.385 e. The minimum Gasteiger partial charge on any atom is -0.385 e. The Hall–Kier alpha value is -1.80. The van der Waals surface area contributed by atoms with Crippen LogP contribution < -0.4 is 0 Å². The topological polar surface area (TPSA) is 84.9 Å². The van der Waals surface area contributed by atoms with Gasteiger partial charge in [0.1, 0.15) is 11.9 Å². The van der Waals surface area contributed by atoms with Crippen molar-refractivity contribution in [1.82, 2.24) is 34.7 Å². The van der Waals surface area contributed by atoms with Crippen molar-refractivity contribution < 1.29 is 5.11 Å². The second kappa shape index (κ2) is 6.76.